The highest BCUT2D eigenvalue weighted by Gasteiger charge is 2.48. The average molecular weight is 452 g/mol. The van der Waals surface area contributed by atoms with Crippen molar-refractivity contribution in [2.24, 2.45) is 5.92 Å². The van der Waals surface area contributed by atoms with Crippen molar-refractivity contribution >= 4 is 23.2 Å². The van der Waals surface area contributed by atoms with Crippen LogP contribution in [0.15, 0.2) is 47.8 Å². The van der Waals surface area contributed by atoms with Gasteiger partial charge < -0.3 is 9.80 Å². The molecule has 32 heavy (non-hydrogen) atoms. The topological polar surface area (TPSA) is 43.9 Å². The number of amides is 2. The molecular weight excluding hydrogens is 418 g/mol. The van der Waals surface area contributed by atoms with Gasteiger partial charge in [-0.1, -0.05) is 37.1 Å². The first-order valence-electron chi connectivity index (χ1n) is 12.1. The SMILES string of the molecule is O=C(C1CC2CCCCC2N1C(=O)c1ccccc1)N1CCN(CCc2cccs2)CC1. The van der Waals surface area contributed by atoms with Crippen LogP contribution >= 0.6 is 11.3 Å². The van der Waals surface area contributed by atoms with Crippen molar-refractivity contribution in [1.82, 2.24) is 14.7 Å². The van der Waals surface area contributed by atoms with E-state index in [-0.39, 0.29) is 23.9 Å². The molecule has 170 valence electrons. The lowest BCUT2D eigenvalue weighted by molar-refractivity contribution is -0.137. The van der Waals surface area contributed by atoms with Crippen molar-refractivity contribution in [2.45, 2.75) is 50.6 Å². The molecule has 0 spiro atoms. The summed E-state index contributed by atoms with van der Waals surface area (Å²) in [5.41, 5.74) is 0.704. The summed E-state index contributed by atoms with van der Waals surface area (Å²) >= 11 is 1.82. The summed E-state index contributed by atoms with van der Waals surface area (Å²) in [7, 11) is 0. The van der Waals surface area contributed by atoms with E-state index in [1.54, 1.807) is 0 Å². The van der Waals surface area contributed by atoms with Gasteiger partial charge in [-0.25, -0.2) is 0 Å². The number of hydrogen-bond donors (Lipinski definition) is 0. The van der Waals surface area contributed by atoms with E-state index in [9.17, 15) is 9.59 Å². The number of nitrogens with zero attached hydrogens (tertiary/aromatic N) is 3. The predicted octanol–water partition coefficient (Wildman–Crippen LogP) is 3.91. The highest BCUT2D eigenvalue weighted by molar-refractivity contribution is 7.09. The number of rotatable bonds is 5. The summed E-state index contributed by atoms with van der Waals surface area (Å²) in [5, 5.41) is 2.13. The highest BCUT2D eigenvalue weighted by atomic mass is 32.1. The second-order valence-corrected chi connectivity index (χ2v) is 10.5. The number of piperazine rings is 1. The van der Waals surface area contributed by atoms with Gasteiger partial charge in [0.15, 0.2) is 0 Å². The molecular formula is C26H33N3O2S. The van der Waals surface area contributed by atoms with Crippen LogP contribution in [0.1, 0.15) is 47.3 Å². The number of thiophene rings is 1. The second kappa shape index (κ2) is 9.75. The van der Waals surface area contributed by atoms with E-state index in [1.807, 2.05) is 51.5 Å². The normalized spacial score (nSPS) is 26.2. The van der Waals surface area contributed by atoms with Crippen molar-refractivity contribution < 1.29 is 9.59 Å². The molecule has 0 N–H and O–H groups in total. The third-order valence-electron chi connectivity index (χ3n) is 7.57. The van der Waals surface area contributed by atoms with Gasteiger partial charge in [-0.05, 0) is 55.2 Å². The smallest absolute Gasteiger partial charge is 0.254 e. The Bertz CT molecular complexity index is 908. The summed E-state index contributed by atoms with van der Waals surface area (Å²) in [5.74, 6) is 0.673. The molecule has 6 heteroatoms. The quantitative estimate of drug-likeness (QED) is 0.692. The summed E-state index contributed by atoms with van der Waals surface area (Å²) in [6.07, 6.45) is 6.46. The number of carbonyl (C=O) groups is 2. The zero-order valence-corrected chi connectivity index (χ0v) is 19.5. The molecule has 2 aliphatic heterocycles. The van der Waals surface area contributed by atoms with Gasteiger partial charge in [-0.2, -0.15) is 0 Å². The Hall–Kier alpha value is -2.18. The minimum Gasteiger partial charge on any atom is -0.338 e. The van der Waals surface area contributed by atoms with E-state index in [0.717, 1.165) is 64.8 Å². The van der Waals surface area contributed by atoms with Crippen LogP contribution in [0, 0.1) is 5.92 Å². The summed E-state index contributed by atoms with van der Waals surface area (Å²) < 4.78 is 0. The molecule has 1 saturated carbocycles. The maximum Gasteiger partial charge on any atom is 0.254 e. The first-order valence-corrected chi connectivity index (χ1v) is 13.0. The Kier molecular flexibility index (Phi) is 6.60. The Balaban J connectivity index is 1.25. The molecule has 3 atom stereocenters. The average Bonchev–Trinajstić information content (AvgIpc) is 3.50. The van der Waals surface area contributed by atoms with Crippen molar-refractivity contribution in [3.05, 3.63) is 58.3 Å². The highest BCUT2D eigenvalue weighted by Crippen LogP contribution is 2.41. The Labute approximate surface area is 195 Å². The zero-order valence-electron chi connectivity index (χ0n) is 18.7. The molecule has 3 heterocycles. The maximum atomic E-state index is 13.7. The molecule has 3 fully saturated rings. The van der Waals surface area contributed by atoms with Gasteiger partial charge in [0, 0.05) is 49.2 Å². The standard InChI is InChI=1S/C26H33N3O2S/c30-25(20-7-2-1-3-8-20)29-23-11-5-4-9-21(23)19-24(29)26(31)28-16-14-27(15-17-28)13-12-22-10-6-18-32-22/h1-3,6-8,10,18,21,23-24H,4-5,9,11-17,19H2. The molecule has 1 aromatic carbocycles. The lowest BCUT2D eigenvalue weighted by Gasteiger charge is -2.38. The van der Waals surface area contributed by atoms with Crippen LogP contribution < -0.4 is 0 Å². The number of hydrogen-bond acceptors (Lipinski definition) is 4. The van der Waals surface area contributed by atoms with Crippen LogP contribution in [-0.2, 0) is 11.2 Å². The fourth-order valence-corrected chi connectivity index (χ4v) is 6.53. The molecule has 0 bridgehead atoms. The van der Waals surface area contributed by atoms with Gasteiger partial charge in [-0.3, -0.25) is 14.5 Å². The van der Waals surface area contributed by atoms with Crippen LogP contribution in [0.5, 0.6) is 0 Å². The summed E-state index contributed by atoms with van der Waals surface area (Å²) in [4.78, 5) is 35.0. The van der Waals surface area contributed by atoms with Crippen LogP contribution in [-0.4, -0.2) is 71.3 Å². The fraction of sp³-hybridized carbons (Fsp3) is 0.538. The molecule has 2 amide bonds. The number of carbonyl (C=O) groups excluding carboxylic acids is 2. The Morgan fingerprint density at radius 3 is 2.47 bits per heavy atom. The van der Waals surface area contributed by atoms with Gasteiger partial charge in [-0.15, -0.1) is 11.3 Å². The molecule has 5 nitrogen and oxygen atoms in total. The molecule has 5 rings (SSSR count). The number of fused-ring (bicyclic) bond motifs is 1. The Morgan fingerprint density at radius 1 is 0.938 bits per heavy atom. The fourth-order valence-electron chi connectivity index (χ4n) is 5.83. The van der Waals surface area contributed by atoms with Crippen LogP contribution in [0.25, 0.3) is 0 Å². The van der Waals surface area contributed by atoms with Crippen molar-refractivity contribution in [2.75, 3.05) is 32.7 Å². The van der Waals surface area contributed by atoms with E-state index in [0.29, 0.717) is 11.5 Å². The van der Waals surface area contributed by atoms with Gasteiger partial charge in [0.2, 0.25) is 5.91 Å². The predicted molar refractivity (Wildman–Crippen MR) is 128 cm³/mol. The van der Waals surface area contributed by atoms with Gasteiger partial charge in [0.05, 0.1) is 0 Å². The van der Waals surface area contributed by atoms with Gasteiger partial charge in [0.25, 0.3) is 5.91 Å². The zero-order chi connectivity index (χ0) is 21.9. The lowest BCUT2D eigenvalue weighted by atomic mass is 9.84. The number of benzene rings is 1. The van der Waals surface area contributed by atoms with Crippen molar-refractivity contribution in [1.29, 1.82) is 0 Å². The molecule has 1 aromatic heterocycles. The lowest BCUT2D eigenvalue weighted by Crippen LogP contribution is -2.55. The van der Waals surface area contributed by atoms with Crippen LogP contribution in [0.2, 0.25) is 0 Å². The molecule has 2 saturated heterocycles. The first kappa shape index (κ1) is 21.7. The van der Waals surface area contributed by atoms with Crippen LogP contribution in [0.4, 0.5) is 0 Å². The minimum atomic E-state index is -0.298. The molecule has 0 radical (unpaired) electrons. The first-order chi connectivity index (χ1) is 15.7. The molecule has 1 aliphatic carbocycles. The molecule has 3 aliphatic rings. The minimum absolute atomic E-state index is 0.0351. The van der Waals surface area contributed by atoms with Crippen LogP contribution in [0.3, 0.4) is 0 Å². The van der Waals surface area contributed by atoms with E-state index >= 15 is 0 Å². The summed E-state index contributed by atoms with van der Waals surface area (Å²) in [6.45, 7) is 4.42. The van der Waals surface area contributed by atoms with E-state index in [1.165, 1.54) is 11.3 Å². The second-order valence-electron chi connectivity index (χ2n) is 9.44. The van der Waals surface area contributed by atoms with Gasteiger partial charge in [0.1, 0.15) is 6.04 Å². The van der Waals surface area contributed by atoms with E-state index in [4.69, 9.17) is 0 Å². The third kappa shape index (κ3) is 4.48. The molecule has 3 unspecified atom stereocenters. The van der Waals surface area contributed by atoms with Gasteiger partial charge >= 0.3 is 0 Å². The van der Waals surface area contributed by atoms with Crippen molar-refractivity contribution in [3.63, 3.8) is 0 Å². The monoisotopic (exact) mass is 451 g/mol. The van der Waals surface area contributed by atoms with E-state index < -0.39 is 0 Å². The van der Waals surface area contributed by atoms with Crippen molar-refractivity contribution in [3.8, 4) is 0 Å². The van der Waals surface area contributed by atoms with E-state index in [2.05, 4.69) is 22.4 Å². The molecule has 2 aromatic rings. The number of likely N-dealkylation sites (tertiary alicyclic amines) is 1. The summed E-state index contributed by atoms with van der Waals surface area (Å²) in [6, 6.07) is 13.7. The maximum absolute atomic E-state index is 13.7. The largest absolute Gasteiger partial charge is 0.338 e. The Morgan fingerprint density at radius 2 is 1.72 bits per heavy atom. The third-order valence-corrected chi connectivity index (χ3v) is 8.50.